The summed E-state index contributed by atoms with van der Waals surface area (Å²) in [4.78, 5) is 16.3. The van der Waals surface area contributed by atoms with Gasteiger partial charge in [0.2, 0.25) is 0 Å². The lowest BCUT2D eigenvalue weighted by Gasteiger charge is -2.56. The van der Waals surface area contributed by atoms with Gasteiger partial charge >= 0.3 is 0 Å². The molecule has 2 heterocycles. The summed E-state index contributed by atoms with van der Waals surface area (Å²) in [6.45, 7) is 9.13. The molecule has 0 radical (unpaired) electrons. The predicted molar refractivity (Wildman–Crippen MR) is 106 cm³/mol. The Labute approximate surface area is 167 Å². The minimum absolute atomic E-state index is 0.0598. The van der Waals surface area contributed by atoms with Crippen LogP contribution in [0.2, 0.25) is 0 Å². The molecule has 0 aromatic carbocycles. The van der Waals surface area contributed by atoms with Crippen molar-refractivity contribution in [1.29, 1.82) is 0 Å². The molecule has 1 amide bonds. The highest BCUT2D eigenvalue weighted by Gasteiger charge is 2.50. The molecule has 1 aliphatic heterocycles. The Kier molecular flexibility index (Phi) is 5.63. The molecule has 0 spiro atoms. The van der Waals surface area contributed by atoms with Crippen molar-refractivity contribution >= 4 is 5.91 Å². The summed E-state index contributed by atoms with van der Waals surface area (Å²) in [5.41, 5.74) is 1.84. The fourth-order valence-corrected chi connectivity index (χ4v) is 4.99. The van der Waals surface area contributed by atoms with E-state index in [0.717, 1.165) is 19.0 Å². The third kappa shape index (κ3) is 3.91. The Morgan fingerprint density at radius 3 is 2.79 bits per heavy atom. The normalized spacial score (nSPS) is 27.8. The highest BCUT2D eigenvalue weighted by molar-refractivity contribution is 5.91. The Morgan fingerprint density at radius 1 is 1.36 bits per heavy atom. The van der Waals surface area contributed by atoms with E-state index in [1.165, 1.54) is 24.7 Å². The number of furan rings is 1. The van der Waals surface area contributed by atoms with Gasteiger partial charge in [-0.25, -0.2) is 0 Å². The molecule has 5 rings (SSSR count). The zero-order valence-corrected chi connectivity index (χ0v) is 17.0. The van der Waals surface area contributed by atoms with E-state index in [0.29, 0.717) is 49.9 Å². The average Bonchev–Trinajstić information content (AvgIpc) is 3.23. The van der Waals surface area contributed by atoms with Gasteiger partial charge in [0, 0.05) is 32.7 Å². The molecule has 3 unspecified atom stereocenters. The number of amides is 1. The van der Waals surface area contributed by atoms with Crippen LogP contribution >= 0.6 is 0 Å². The van der Waals surface area contributed by atoms with Crippen LogP contribution in [0.1, 0.15) is 37.2 Å². The van der Waals surface area contributed by atoms with Gasteiger partial charge in [-0.15, -0.1) is 0 Å². The predicted octanol–water partition coefficient (Wildman–Crippen LogP) is 2.41. The monoisotopic (exact) mass is 388 g/mol. The molecule has 2 fully saturated rings. The molecular weight excluding hydrogens is 356 g/mol. The molecule has 154 valence electrons. The molecule has 3 atom stereocenters. The number of allylic oxidation sites excluding steroid dienone is 1. The topological polar surface area (TPSA) is 66.2 Å². The highest BCUT2D eigenvalue weighted by atomic mass is 16.5. The molecule has 6 heteroatoms. The quantitative estimate of drug-likeness (QED) is 0.727. The van der Waals surface area contributed by atoms with Crippen molar-refractivity contribution in [2.24, 2.45) is 17.3 Å². The van der Waals surface area contributed by atoms with E-state index in [-0.39, 0.29) is 5.91 Å². The van der Waals surface area contributed by atoms with Gasteiger partial charge in [0.1, 0.15) is 0 Å². The lowest BCUT2D eigenvalue weighted by atomic mass is 9.49. The Hall–Kier alpha value is -1.63. The van der Waals surface area contributed by atoms with E-state index in [9.17, 15) is 9.90 Å². The fourth-order valence-electron chi connectivity index (χ4n) is 4.99. The molecular formula is C22H32N2O4. The number of rotatable bonds is 7. The molecule has 6 nitrogen and oxygen atoms in total. The van der Waals surface area contributed by atoms with Crippen molar-refractivity contribution in [3.63, 3.8) is 0 Å². The first kappa shape index (κ1) is 19.7. The number of carbonyl (C=O) groups excluding carboxylic acids is 1. The Bertz CT molecular complexity index is 704. The standard InChI is InChI=1S/C22H32N2O4/c1-22(2)17-6-5-16(19(22)12-17)14-27-15-18(25)13-23-7-9-24(10-8-23)21(26)20-4-3-11-28-20/h3-5,11,17-19,25H,6-10,12-15H2,1-2H3. The van der Waals surface area contributed by atoms with E-state index in [2.05, 4.69) is 24.8 Å². The Balaban J connectivity index is 1.15. The van der Waals surface area contributed by atoms with E-state index in [4.69, 9.17) is 9.15 Å². The SMILES string of the molecule is CC1(C)C2CC=C(COCC(O)CN3CCN(C(=O)c4ccco4)CC3)C1C2. The number of fused-ring (bicyclic) bond motifs is 1. The van der Waals surface area contributed by atoms with Gasteiger partial charge in [-0.2, -0.15) is 0 Å². The van der Waals surface area contributed by atoms with Crippen LogP contribution in [0.25, 0.3) is 0 Å². The van der Waals surface area contributed by atoms with Crippen LogP contribution in [-0.4, -0.2) is 72.9 Å². The number of hydrogen-bond acceptors (Lipinski definition) is 5. The number of ether oxygens (including phenoxy) is 1. The van der Waals surface area contributed by atoms with Crippen LogP contribution in [0.3, 0.4) is 0 Å². The van der Waals surface area contributed by atoms with Crippen LogP contribution < -0.4 is 0 Å². The molecule has 28 heavy (non-hydrogen) atoms. The second-order valence-corrected chi connectivity index (χ2v) is 9.06. The molecule has 1 saturated carbocycles. The summed E-state index contributed by atoms with van der Waals surface area (Å²) in [7, 11) is 0. The third-order valence-electron chi connectivity index (χ3n) is 7.02. The number of β-amino-alcohol motifs (C(OH)–C–C–N with tert-alkyl or cyclic N) is 1. The van der Waals surface area contributed by atoms with Crippen LogP contribution in [0.5, 0.6) is 0 Å². The van der Waals surface area contributed by atoms with Gasteiger partial charge in [-0.05, 0) is 47.8 Å². The van der Waals surface area contributed by atoms with E-state index < -0.39 is 6.10 Å². The first-order valence-electron chi connectivity index (χ1n) is 10.4. The van der Waals surface area contributed by atoms with E-state index in [1.807, 2.05) is 0 Å². The van der Waals surface area contributed by atoms with Crippen molar-refractivity contribution in [2.75, 3.05) is 45.9 Å². The maximum absolute atomic E-state index is 12.3. The summed E-state index contributed by atoms with van der Waals surface area (Å²) in [5.74, 6) is 1.82. The number of hydrogen-bond donors (Lipinski definition) is 1. The number of nitrogens with zero attached hydrogens (tertiary/aromatic N) is 2. The first-order chi connectivity index (χ1) is 13.4. The fraction of sp³-hybridized carbons (Fsp3) is 0.682. The first-order valence-corrected chi connectivity index (χ1v) is 10.4. The molecule has 1 aromatic heterocycles. The molecule has 1 saturated heterocycles. The lowest BCUT2D eigenvalue weighted by Crippen LogP contribution is -2.51. The maximum Gasteiger partial charge on any atom is 0.289 e. The average molecular weight is 389 g/mol. The summed E-state index contributed by atoms with van der Waals surface area (Å²) < 4.78 is 11.0. The van der Waals surface area contributed by atoms with Crippen molar-refractivity contribution < 1.29 is 19.1 Å². The molecule has 3 aliphatic carbocycles. The largest absolute Gasteiger partial charge is 0.459 e. The third-order valence-corrected chi connectivity index (χ3v) is 7.02. The maximum atomic E-state index is 12.3. The van der Waals surface area contributed by atoms with Crippen LogP contribution in [0, 0.1) is 17.3 Å². The molecule has 4 aliphatic rings. The second-order valence-electron chi connectivity index (χ2n) is 9.06. The number of aliphatic hydroxyl groups excluding tert-OH is 1. The van der Waals surface area contributed by atoms with Crippen molar-refractivity contribution in [3.05, 3.63) is 35.8 Å². The van der Waals surface area contributed by atoms with Gasteiger partial charge in [0.25, 0.3) is 5.91 Å². The number of aliphatic hydroxyl groups is 1. The summed E-state index contributed by atoms with van der Waals surface area (Å²) in [6.07, 6.45) is 5.84. The van der Waals surface area contributed by atoms with Crippen molar-refractivity contribution in [2.45, 2.75) is 32.8 Å². The molecule has 2 bridgehead atoms. The minimum atomic E-state index is -0.501. The van der Waals surface area contributed by atoms with Crippen molar-refractivity contribution in [3.8, 4) is 0 Å². The number of piperazine rings is 1. The zero-order chi connectivity index (χ0) is 19.7. The van der Waals surface area contributed by atoms with Gasteiger partial charge in [0.15, 0.2) is 5.76 Å². The highest BCUT2D eigenvalue weighted by Crippen LogP contribution is 2.59. The van der Waals surface area contributed by atoms with E-state index >= 15 is 0 Å². The second kappa shape index (κ2) is 8.01. The molecule has 1 N–H and O–H groups in total. The Morgan fingerprint density at radius 2 is 2.14 bits per heavy atom. The van der Waals surface area contributed by atoms with Crippen LogP contribution in [0.15, 0.2) is 34.5 Å². The van der Waals surface area contributed by atoms with Gasteiger partial charge < -0.3 is 19.2 Å². The smallest absolute Gasteiger partial charge is 0.289 e. The number of carbonyl (C=O) groups is 1. The minimum Gasteiger partial charge on any atom is -0.459 e. The summed E-state index contributed by atoms with van der Waals surface area (Å²) >= 11 is 0. The molecule has 1 aromatic rings. The van der Waals surface area contributed by atoms with Gasteiger partial charge in [-0.3, -0.25) is 9.69 Å². The van der Waals surface area contributed by atoms with Gasteiger partial charge in [-0.1, -0.05) is 19.9 Å². The summed E-state index contributed by atoms with van der Waals surface area (Å²) in [6, 6.07) is 3.43. The zero-order valence-electron chi connectivity index (χ0n) is 17.0. The summed E-state index contributed by atoms with van der Waals surface area (Å²) in [5, 5.41) is 10.4. The van der Waals surface area contributed by atoms with Crippen LogP contribution in [-0.2, 0) is 4.74 Å². The van der Waals surface area contributed by atoms with Crippen LogP contribution in [0.4, 0.5) is 0 Å². The van der Waals surface area contributed by atoms with E-state index in [1.54, 1.807) is 17.0 Å². The van der Waals surface area contributed by atoms with Crippen molar-refractivity contribution in [1.82, 2.24) is 9.80 Å². The van der Waals surface area contributed by atoms with Gasteiger partial charge in [0.05, 0.1) is 25.6 Å². The lowest BCUT2D eigenvalue weighted by molar-refractivity contribution is -0.0272.